The molecule has 2 aliphatic rings. The van der Waals surface area contributed by atoms with Crippen LogP contribution in [0.5, 0.6) is 0 Å². The molecule has 1 aromatic rings. The van der Waals surface area contributed by atoms with Gasteiger partial charge >= 0.3 is 6.09 Å². The highest BCUT2D eigenvalue weighted by Gasteiger charge is 2.33. The van der Waals surface area contributed by atoms with Crippen LogP contribution in [0.15, 0.2) is 42.0 Å². The molecular formula is C23H26FN5O4. The van der Waals surface area contributed by atoms with Crippen molar-refractivity contribution in [3.63, 3.8) is 0 Å². The number of cyclic esters (lactones) is 1. The lowest BCUT2D eigenvalue weighted by molar-refractivity contribution is -0.119. The predicted octanol–water partition coefficient (Wildman–Crippen LogP) is 2.01. The van der Waals surface area contributed by atoms with Gasteiger partial charge in [0.15, 0.2) is 0 Å². The van der Waals surface area contributed by atoms with E-state index in [1.807, 2.05) is 11.0 Å². The van der Waals surface area contributed by atoms with Gasteiger partial charge in [-0.3, -0.25) is 14.5 Å². The molecule has 0 bridgehead atoms. The summed E-state index contributed by atoms with van der Waals surface area (Å²) >= 11 is 0. The predicted molar refractivity (Wildman–Crippen MR) is 120 cm³/mol. The highest BCUT2D eigenvalue weighted by molar-refractivity contribution is 5.98. The summed E-state index contributed by atoms with van der Waals surface area (Å²) in [7, 11) is 0. The number of piperidine rings is 1. The number of benzene rings is 1. The average molecular weight is 455 g/mol. The fraction of sp³-hybridized carbons (Fsp3) is 0.391. The molecule has 9 nitrogen and oxygen atoms in total. The van der Waals surface area contributed by atoms with Gasteiger partial charge in [0, 0.05) is 26.6 Å². The van der Waals surface area contributed by atoms with E-state index in [1.165, 1.54) is 24.0 Å². The van der Waals surface area contributed by atoms with Crippen molar-refractivity contribution in [2.75, 3.05) is 42.5 Å². The molecule has 2 fully saturated rings. The largest absolute Gasteiger partial charge is 0.442 e. The summed E-state index contributed by atoms with van der Waals surface area (Å²) < 4.78 is 20.2. The summed E-state index contributed by atoms with van der Waals surface area (Å²) in [6.07, 6.45) is 1.37. The van der Waals surface area contributed by atoms with Gasteiger partial charge in [0.1, 0.15) is 23.6 Å². The van der Waals surface area contributed by atoms with E-state index in [-0.39, 0.29) is 31.1 Å². The Labute approximate surface area is 191 Å². The summed E-state index contributed by atoms with van der Waals surface area (Å²) in [4.78, 5) is 38.5. The topological polar surface area (TPSA) is 115 Å². The lowest BCUT2D eigenvalue weighted by Gasteiger charge is -2.31. The quantitative estimate of drug-likeness (QED) is 0.369. The minimum Gasteiger partial charge on any atom is -0.442 e. The number of hydrogen-bond acceptors (Lipinski definition) is 6. The number of halogens is 1. The Balaban J connectivity index is 1.66. The first-order chi connectivity index (χ1) is 15.8. The van der Waals surface area contributed by atoms with E-state index in [0.717, 1.165) is 5.57 Å². The highest BCUT2D eigenvalue weighted by atomic mass is 19.1. The van der Waals surface area contributed by atoms with E-state index in [1.54, 1.807) is 12.1 Å². The number of carbonyl (C=O) groups is 3. The Bertz CT molecular complexity index is 1020. The summed E-state index contributed by atoms with van der Waals surface area (Å²) in [6.45, 7) is 6.50. The van der Waals surface area contributed by atoms with Crippen LogP contribution in [0.4, 0.5) is 20.6 Å². The van der Waals surface area contributed by atoms with Crippen LogP contribution < -0.4 is 20.4 Å². The van der Waals surface area contributed by atoms with Gasteiger partial charge in [-0.05, 0) is 36.6 Å². The third-order valence-corrected chi connectivity index (χ3v) is 5.50. The van der Waals surface area contributed by atoms with E-state index in [9.17, 15) is 24.0 Å². The van der Waals surface area contributed by atoms with Gasteiger partial charge in [0.25, 0.3) is 5.91 Å². The molecule has 10 heteroatoms. The maximum atomic E-state index is 14.9. The zero-order chi connectivity index (χ0) is 24.0. The standard InChI is InChI=1S/C23H26FN5O4/c1-3-8-26-22(31)19(12-25)16-6-9-28(10-7-16)21-5-4-17(11-20(21)24)29-14-18(33-23(29)32)13-27-15(2)30/h3-5,11,18H,1,6-10,13-14H2,2H3,(H,26,31)(H,27,30)/t18-/m0/s1. The van der Waals surface area contributed by atoms with E-state index >= 15 is 0 Å². The minimum absolute atomic E-state index is 0.105. The summed E-state index contributed by atoms with van der Waals surface area (Å²) in [5, 5.41) is 14.6. The molecule has 2 saturated heterocycles. The molecule has 1 aromatic carbocycles. The number of anilines is 2. The molecule has 0 aliphatic carbocycles. The summed E-state index contributed by atoms with van der Waals surface area (Å²) in [5.41, 5.74) is 1.61. The summed E-state index contributed by atoms with van der Waals surface area (Å²) in [6, 6.07) is 6.52. The molecule has 2 heterocycles. The molecule has 1 atom stereocenters. The fourth-order valence-electron chi connectivity index (χ4n) is 3.83. The minimum atomic E-state index is -0.594. The molecule has 3 amide bonds. The van der Waals surface area contributed by atoms with Crippen LogP contribution in [0.25, 0.3) is 0 Å². The van der Waals surface area contributed by atoms with Crippen molar-refractivity contribution >= 4 is 29.3 Å². The molecule has 0 aromatic heterocycles. The second-order valence-corrected chi connectivity index (χ2v) is 7.77. The second kappa shape index (κ2) is 10.6. The Kier molecular flexibility index (Phi) is 7.66. The number of carbonyl (C=O) groups excluding carboxylic acids is 3. The Morgan fingerprint density at radius 2 is 2.06 bits per heavy atom. The molecule has 33 heavy (non-hydrogen) atoms. The van der Waals surface area contributed by atoms with Crippen LogP contribution in [-0.2, 0) is 14.3 Å². The highest BCUT2D eigenvalue weighted by Crippen LogP contribution is 2.31. The van der Waals surface area contributed by atoms with Gasteiger partial charge in [-0.2, -0.15) is 5.26 Å². The number of ether oxygens (including phenoxy) is 1. The van der Waals surface area contributed by atoms with Crippen LogP contribution in [0.3, 0.4) is 0 Å². The van der Waals surface area contributed by atoms with Crippen molar-refractivity contribution in [2.45, 2.75) is 25.9 Å². The van der Waals surface area contributed by atoms with Gasteiger partial charge in [0.05, 0.1) is 24.5 Å². The maximum absolute atomic E-state index is 14.9. The van der Waals surface area contributed by atoms with Crippen molar-refractivity contribution < 1.29 is 23.5 Å². The molecule has 3 rings (SSSR count). The summed E-state index contributed by atoms with van der Waals surface area (Å²) in [5.74, 6) is -1.13. The maximum Gasteiger partial charge on any atom is 0.414 e. The van der Waals surface area contributed by atoms with Gasteiger partial charge < -0.3 is 20.3 Å². The normalized spacial score (nSPS) is 17.8. The Morgan fingerprint density at radius 3 is 2.67 bits per heavy atom. The van der Waals surface area contributed by atoms with Crippen molar-refractivity contribution in [3.8, 4) is 6.07 Å². The van der Waals surface area contributed by atoms with Gasteiger partial charge in [0.2, 0.25) is 5.91 Å². The zero-order valence-electron chi connectivity index (χ0n) is 18.4. The molecule has 0 saturated carbocycles. The van der Waals surface area contributed by atoms with Gasteiger partial charge in [-0.15, -0.1) is 6.58 Å². The monoisotopic (exact) mass is 455 g/mol. The van der Waals surface area contributed by atoms with Crippen LogP contribution >= 0.6 is 0 Å². The van der Waals surface area contributed by atoms with Crippen LogP contribution in [0, 0.1) is 17.1 Å². The smallest absolute Gasteiger partial charge is 0.414 e. The Hall–Kier alpha value is -3.87. The SMILES string of the molecule is C=CCNC(=O)C(C#N)=C1CCN(c2ccc(N3C[C@H](CNC(C)=O)OC3=O)cc2F)CC1. The first-order valence-corrected chi connectivity index (χ1v) is 10.6. The van der Waals surface area contributed by atoms with E-state index in [2.05, 4.69) is 17.2 Å². The van der Waals surface area contributed by atoms with Crippen molar-refractivity contribution in [3.05, 3.63) is 47.8 Å². The zero-order valence-corrected chi connectivity index (χ0v) is 18.4. The van der Waals surface area contributed by atoms with Crippen LogP contribution in [-0.4, -0.2) is 56.7 Å². The van der Waals surface area contributed by atoms with Crippen molar-refractivity contribution in [1.29, 1.82) is 5.26 Å². The lowest BCUT2D eigenvalue weighted by atomic mass is 9.97. The molecule has 0 radical (unpaired) electrons. The molecule has 0 unspecified atom stereocenters. The number of hydrogen-bond donors (Lipinski definition) is 2. The van der Waals surface area contributed by atoms with Gasteiger partial charge in [-0.1, -0.05) is 6.08 Å². The van der Waals surface area contributed by atoms with E-state index in [0.29, 0.717) is 37.3 Å². The average Bonchev–Trinajstić information content (AvgIpc) is 3.18. The molecule has 174 valence electrons. The van der Waals surface area contributed by atoms with E-state index in [4.69, 9.17) is 4.74 Å². The van der Waals surface area contributed by atoms with Gasteiger partial charge in [-0.25, -0.2) is 9.18 Å². The van der Waals surface area contributed by atoms with Crippen LogP contribution in [0.1, 0.15) is 19.8 Å². The van der Waals surface area contributed by atoms with E-state index < -0.39 is 23.9 Å². The first kappa shape index (κ1) is 23.8. The number of amides is 3. The third kappa shape index (κ3) is 5.68. The van der Waals surface area contributed by atoms with Crippen molar-refractivity contribution in [1.82, 2.24) is 10.6 Å². The van der Waals surface area contributed by atoms with Crippen molar-refractivity contribution in [2.24, 2.45) is 0 Å². The molecular weight excluding hydrogens is 429 g/mol. The first-order valence-electron chi connectivity index (χ1n) is 10.6. The second-order valence-electron chi connectivity index (χ2n) is 7.77. The lowest BCUT2D eigenvalue weighted by Crippen LogP contribution is -2.34. The number of rotatable bonds is 7. The molecule has 2 aliphatic heterocycles. The van der Waals surface area contributed by atoms with Crippen LogP contribution in [0.2, 0.25) is 0 Å². The molecule has 2 N–H and O–H groups in total. The molecule has 0 spiro atoms. The number of nitrogens with one attached hydrogen (secondary N) is 2. The fourth-order valence-corrected chi connectivity index (χ4v) is 3.83. The number of nitriles is 1. The number of nitrogens with zero attached hydrogens (tertiary/aromatic N) is 3. The Morgan fingerprint density at radius 1 is 1.33 bits per heavy atom. The third-order valence-electron chi connectivity index (χ3n) is 5.50.